The third kappa shape index (κ3) is 3.92. The van der Waals surface area contributed by atoms with Gasteiger partial charge in [-0.05, 0) is 18.6 Å². The zero-order chi connectivity index (χ0) is 20.7. The maximum Gasteiger partial charge on any atom is 0.416 e. The van der Waals surface area contributed by atoms with E-state index in [9.17, 15) is 31.7 Å². The summed E-state index contributed by atoms with van der Waals surface area (Å²) in [6.45, 7) is 1.29. The summed E-state index contributed by atoms with van der Waals surface area (Å²) in [5.41, 5.74) is -0.936. The maximum atomic E-state index is 12.7. The average Bonchev–Trinajstić information content (AvgIpc) is 2.57. The van der Waals surface area contributed by atoms with Crippen molar-refractivity contribution in [1.82, 2.24) is 9.29 Å². The van der Waals surface area contributed by atoms with E-state index in [0.717, 1.165) is 28.7 Å². The van der Waals surface area contributed by atoms with Gasteiger partial charge in [-0.3, -0.25) is 10.1 Å². The van der Waals surface area contributed by atoms with Crippen molar-refractivity contribution >= 4 is 15.7 Å². The van der Waals surface area contributed by atoms with Crippen molar-refractivity contribution in [1.29, 1.82) is 0 Å². The Bertz CT molecular complexity index is 1020. The van der Waals surface area contributed by atoms with Gasteiger partial charge in [-0.15, -0.1) is 0 Å². The summed E-state index contributed by atoms with van der Waals surface area (Å²) < 4.78 is 69.9. The zero-order valence-corrected chi connectivity index (χ0v) is 15.2. The molecule has 0 spiro atoms. The number of benzene rings is 1. The monoisotopic (exact) mass is 417 g/mol. The van der Waals surface area contributed by atoms with Crippen LogP contribution in [-0.4, -0.2) is 41.8 Å². The molecule has 28 heavy (non-hydrogen) atoms. The Hall–Kier alpha value is -2.73. The highest BCUT2D eigenvalue weighted by Gasteiger charge is 2.40. The van der Waals surface area contributed by atoms with Crippen molar-refractivity contribution in [3.63, 3.8) is 0 Å². The van der Waals surface area contributed by atoms with Crippen molar-refractivity contribution in [2.24, 2.45) is 0 Å². The molecule has 1 aliphatic rings. The van der Waals surface area contributed by atoms with Crippen LogP contribution < -0.4 is 4.74 Å². The van der Waals surface area contributed by atoms with Crippen LogP contribution in [0.4, 0.5) is 18.9 Å². The van der Waals surface area contributed by atoms with Crippen LogP contribution in [0, 0.1) is 17.0 Å². The number of alkyl halides is 3. The summed E-state index contributed by atoms with van der Waals surface area (Å²) in [5.74, 6) is -0.261. The lowest BCUT2D eigenvalue weighted by Crippen LogP contribution is -2.56. The molecule has 150 valence electrons. The van der Waals surface area contributed by atoms with Crippen molar-refractivity contribution in [3.8, 4) is 5.88 Å². The van der Waals surface area contributed by atoms with Crippen molar-refractivity contribution in [2.45, 2.75) is 24.1 Å². The molecule has 1 saturated heterocycles. The lowest BCUT2D eigenvalue weighted by Gasteiger charge is -2.37. The third-order valence-electron chi connectivity index (χ3n) is 4.16. The van der Waals surface area contributed by atoms with Gasteiger partial charge in [0, 0.05) is 24.4 Å². The first-order chi connectivity index (χ1) is 13.0. The largest absolute Gasteiger partial charge is 0.472 e. The van der Waals surface area contributed by atoms with Crippen LogP contribution in [0.15, 0.2) is 41.4 Å². The van der Waals surface area contributed by atoms with E-state index >= 15 is 0 Å². The normalized spacial score (nSPS) is 15.9. The number of aryl methyl sites for hydroxylation is 1. The molecule has 12 heteroatoms. The van der Waals surface area contributed by atoms with E-state index in [4.69, 9.17) is 4.74 Å². The molecule has 0 saturated carbocycles. The second-order valence-electron chi connectivity index (χ2n) is 6.15. The summed E-state index contributed by atoms with van der Waals surface area (Å²) in [6.07, 6.45) is -4.27. The molecule has 0 bridgehead atoms. The highest BCUT2D eigenvalue weighted by molar-refractivity contribution is 7.89. The number of halogens is 3. The van der Waals surface area contributed by atoms with Crippen LogP contribution >= 0.6 is 0 Å². The van der Waals surface area contributed by atoms with Gasteiger partial charge in [0.05, 0.1) is 28.5 Å². The van der Waals surface area contributed by atoms with Gasteiger partial charge in [-0.1, -0.05) is 6.07 Å². The smallest absolute Gasteiger partial charge is 0.416 e. The first-order valence-corrected chi connectivity index (χ1v) is 9.37. The lowest BCUT2D eigenvalue weighted by atomic mass is 10.2. The van der Waals surface area contributed by atoms with E-state index in [0.29, 0.717) is 5.56 Å². The fourth-order valence-corrected chi connectivity index (χ4v) is 4.36. The Balaban J connectivity index is 1.71. The minimum absolute atomic E-state index is 0.109. The first kappa shape index (κ1) is 20.0. The van der Waals surface area contributed by atoms with Crippen LogP contribution in [0.3, 0.4) is 0 Å². The Kier molecular flexibility index (Phi) is 5.02. The van der Waals surface area contributed by atoms with Crippen LogP contribution in [0.25, 0.3) is 0 Å². The molecule has 0 unspecified atom stereocenters. The third-order valence-corrected chi connectivity index (χ3v) is 6.14. The number of rotatable bonds is 5. The van der Waals surface area contributed by atoms with Crippen molar-refractivity contribution in [2.75, 3.05) is 13.1 Å². The summed E-state index contributed by atoms with van der Waals surface area (Å²) in [7, 11) is -4.00. The molecule has 1 aromatic heterocycles. The van der Waals surface area contributed by atoms with Gasteiger partial charge < -0.3 is 4.74 Å². The molecule has 1 aromatic carbocycles. The van der Waals surface area contributed by atoms with Crippen molar-refractivity contribution < 1.29 is 31.2 Å². The molecule has 0 aliphatic carbocycles. The molecule has 0 N–H and O–H groups in total. The van der Waals surface area contributed by atoms with Gasteiger partial charge >= 0.3 is 6.18 Å². The first-order valence-electron chi connectivity index (χ1n) is 7.93. The Morgan fingerprint density at radius 2 is 1.93 bits per heavy atom. The highest BCUT2D eigenvalue weighted by Crippen LogP contribution is 2.32. The van der Waals surface area contributed by atoms with E-state index in [1.54, 1.807) is 0 Å². The minimum atomic E-state index is -4.55. The average molecular weight is 417 g/mol. The van der Waals surface area contributed by atoms with Crippen LogP contribution in [0.2, 0.25) is 0 Å². The van der Waals surface area contributed by atoms with Crippen LogP contribution in [0.5, 0.6) is 5.88 Å². The van der Waals surface area contributed by atoms with Gasteiger partial charge in [0.1, 0.15) is 6.10 Å². The van der Waals surface area contributed by atoms with E-state index in [-0.39, 0.29) is 29.6 Å². The van der Waals surface area contributed by atoms with Gasteiger partial charge in [-0.25, -0.2) is 13.4 Å². The number of nitrogens with zero attached hydrogens (tertiary/aromatic N) is 3. The molecule has 0 atom stereocenters. The van der Waals surface area contributed by atoms with E-state index < -0.39 is 32.8 Å². The fraction of sp³-hybridized carbons (Fsp3) is 0.312. The van der Waals surface area contributed by atoms with E-state index in [1.807, 2.05) is 0 Å². The summed E-state index contributed by atoms with van der Waals surface area (Å²) in [5, 5.41) is 10.9. The molecular weight excluding hydrogens is 403 g/mol. The lowest BCUT2D eigenvalue weighted by molar-refractivity contribution is -0.385. The molecule has 1 fully saturated rings. The fourth-order valence-electron chi connectivity index (χ4n) is 2.61. The molecule has 0 radical (unpaired) electrons. The number of aromatic nitrogens is 1. The summed E-state index contributed by atoms with van der Waals surface area (Å²) in [6, 6.07) is 5.06. The summed E-state index contributed by atoms with van der Waals surface area (Å²) in [4.78, 5) is 13.7. The number of non-ortho nitro benzene ring substituents is 1. The maximum absolute atomic E-state index is 12.7. The SMILES string of the molecule is Cc1ccc([N+](=O)[O-])cc1S(=O)(=O)N1CC(Oc2cc(C(F)(F)F)ccn2)C1. The summed E-state index contributed by atoms with van der Waals surface area (Å²) >= 11 is 0. The Morgan fingerprint density at radius 3 is 2.54 bits per heavy atom. The molecule has 2 heterocycles. The van der Waals surface area contributed by atoms with Gasteiger partial charge in [0.2, 0.25) is 15.9 Å². The number of hydrogen-bond acceptors (Lipinski definition) is 6. The number of ether oxygens (including phenoxy) is 1. The van der Waals surface area contributed by atoms with Crippen LogP contribution in [-0.2, 0) is 16.2 Å². The topological polar surface area (TPSA) is 103 Å². The zero-order valence-electron chi connectivity index (χ0n) is 14.4. The van der Waals surface area contributed by atoms with Gasteiger partial charge in [0.25, 0.3) is 5.69 Å². The quantitative estimate of drug-likeness (QED) is 0.548. The van der Waals surface area contributed by atoms with Crippen molar-refractivity contribution in [3.05, 3.63) is 57.8 Å². The number of nitro groups is 1. The Labute approximate surface area is 157 Å². The minimum Gasteiger partial charge on any atom is -0.472 e. The predicted molar refractivity (Wildman–Crippen MR) is 90.2 cm³/mol. The van der Waals surface area contributed by atoms with Gasteiger partial charge in [0.15, 0.2) is 0 Å². The number of nitro benzene ring substituents is 1. The van der Waals surface area contributed by atoms with Gasteiger partial charge in [-0.2, -0.15) is 17.5 Å². The predicted octanol–water partition coefficient (Wildman–Crippen LogP) is 2.77. The standard InChI is InChI=1S/C16H14F3N3O5S/c1-10-2-3-12(22(23)24)7-14(10)28(25,26)21-8-13(9-21)27-15-6-11(4-5-20-15)16(17,18)19/h2-7,13H,8-9H2,1H3. The molecule has 2 aromatic rings. The molecular formula is C16H14F3N3O5S. The number of sulfonamides is 1. The highest BCUT2D eigenvalue weighted by atomic mass is 32.2. The number of pyridine rings is 1. The number of hydrogen-bond donors (Lipinski definition) is 0. The second-order valence-corrected chi connectivity index (χ2v) is 8.06. The Morgan fingerprint density at radius 1 is 1.25 bits per heavy atom. The van der Waals surface area contributed by atoms with Crippen LogP contribution in [0.1, 0.15) is 11.1 Å². The van der Waals surface area contributed by atoms with E-state index in [2.05, 4.69) is 4.98 Å². The molecule has 0 amide bonds. The molecule has 8 nitrogen and oxygen atoms in total. The second kappa shape index (κ2) is 7.02. The molecule has 3 rings (SSSR count). The van der Waals surface area contributed by atoms with E-state index in [1.165, 1.54) is 19.1 Å². The molecule has 1 aliphatic heterocycles.